The van der Waals surface area contributed by atoms with Gasteiger partial charge in [-0.1, -0.05) is 97.3 Å². The lowest BCUT2D eigenvalue weighted by atomic mass is 10.0. The van der Waals surface area contributed by atoms with Crippen LogP contribution < -0.4 is 10.6 Å². The van der Waals surface area contributed by atoms with Crippen molar-refractivity contribution in [2.45, 2.75) is 162 Å². The summed E-state index contributed by atoms with van der Waals surface area (Å²) in [7, 11) is 0. The molecule has 0 aliphatic carbocycles. The van der Waals surface area contributed by atoms with Crippen molar-refractivity contribution in [2.24, 2.45) is 0 Å². The molecule has 8 heteroatoms. The molecule has 2 N–H and O–H groups in total. The molecule has 228 valence electrons. The molecule has 0 fully saturated rings. The monoisotopic (exact) mass is 554 g/mol. The smallest absolute Gasteiger partial charge is 0.329 e. The maximum absolute atomic E-state index is 12.7. The van der Waals surface area contributed by atoms with Gasteiger partial charge in [-0.2, -0.15) is 0 Å². The Morgan fingerprint density at radius 1 is 0.667 bits per heavy atom. The first-order valence-electron chi connectivity index (χ1n) is 15.5. The van der Waals surface area contributed by atoms with Gasteiger partial charge in [-0.15, -0.1) is 0 Å². The Morgan fingerprint density at radius 3 is 1.69 bits per heavy atom. The van der Waals surface area contributed by atoms with Crippen LogP contribution in [0.2, 0.25) is 0 Å². The highest BCUT2D eigenvalue weighted by Crippen LogP contribution is 2.14. The summed E-state index contributed by atoms with van der Waals surface area (Å²) in [5.41, 5.74) is -0.709. The lowest BCUT2D eigenvalue weighted by molar-refractivity contribution is -0.159. The van der Waals surface area contributed by atoms with E-state index in [1.54, 1.807) is 20.8 Å². The van der Waals surface area contributed by atoms with E-state index in [1.807, 2.05) is 6.92 Å². The Bertz CT molecular complexity index is 674. The van der Waals surface area contributed by atoms with Crippen LogP contribution in [0, 0.1) is 0 Å². The Kier molecular flexibility index (Phi) is 22.5. The van der Waals surface area contributed by atoms with Gasteiger partial charge < -0.3 is 20.1 Å². The van der Waals surface area contributed by atoms with Gasteiger partial charge in [0.15, 0.2) is 0 Å². The van der Waals surface area contributed by atoms with Crippen molar-refractivity contribution in [1.29, 1.82) is 0 Å². The van der Waals surface area contributed by atoms with E-state index in [2.05, 4.69) is 17.6 Å². The van der Waals surface area contributed by atoms with Crippen molar-refractivity contribution in [3.05, 3.63) is 0 Å². The number of hydrogen-bond donors (Lipinski definition) is 2. The fourth-order valence-electron chi connectivity index (χ4n) is 4.11. The van der Waals surface area contributed by atoms with Crippen LogP contribution in [0.25, 0.3) is 0 Å². The van der Waals surface area contributed by atoms with Crippen LogP contribution in [0.15, 0.2) is 0 Å². The van der Waals surface area contributed by atoms with E-state index < -0.39 is 23.6 Å². The number of unbranched alkanes of at least 4 members (excludes halogenated alkanes) is 13. The van der Waals surface area contributed by atoms with Crippen LogP contribution in [-0.4, -0.2) is 48.5 Å². The summed E-state index contributed by atoms with van der Waals surface area (Å²) in [5, 5.41) is 5.26. The summed E-state index contributed by atoms with van der Waals surface area (Å²) in [4.78, 5) is 49.1. The summed E-state index contributed by atoms with van der Waals surface area (Å²) < 4.78 is 10.5. The van der Waals surface area contributed by atoms with Gasteiger partial charge in [0, 0.05) is 12.8 Å². The molecule has 1 atom stereocenters. The van der Waals surface area contributed by atoms with Gasteiger partial charge in [-0.3, -0.25) is 14.4 Å². The minimum absolute atomic E-state index is 0.0226. The van der Waals surface area contributed by atoms with Gasteiger partial charge in [0.2, 0.25) is 11.8 Å². The third kappa shape index (κ3) is 24.6. The standard InChI is InChI=1S/C31H58N2O6/c1-6-8-10-11-12-13-14-15-16-17-18-19-20-21-28(35)33-26(30(37)39-31(3,4)5)22-23-27(34)32-25-29(36)38-24-9-7-2/h26H,6-25H2,1-5H3,(H,32,34)(H,33,35). The molecule has 0 saturated heterocycles. The van der Waals surface area contributed by atoms with Crippen LogP contribution in [0.5, 0.6) is 0 Å². The first kappa shape index (κ1) is 36.9. The number of esters is 2. The molecule has 0 aliphatic rings. The fraction of sp³-hybridized carbons (Fsp3) is 0.871. The molecule has 0 rings (SSSR count). The normalized spacial score (nSPS) is 12.0. The highest BCUT2D eigenvalue weighted by Gasteiger charge is 2.27. The van der Waals surface area contributed by atoms with E-state index in [4.69, 9.17) is 9.47 Å². The average Bonchev–Trinajstić information content (AvgIpc) is 2.87. The van der Waals surface area contributed by atoms with Gasteiger partial charge in [-0.25, -0.2) is 4.79 Å². The van der Waals surface area contributed by atoms with E-state index in [9.17, 15) is 19.2 Å². The maximum Gasteiger partial charge on any atom is 0.329 e. The first-order valence-corrected chi connectivity index (χ1v) is 15.5. The lowest BCUT2D eigenvalue weighted by Crippen LogP contribution is -2.45. The minimum Gasteiger partial charge on any atom is -0.464 e. The predicted octanol–water partition coefficient (Wildman–Crippen LogP) is 6.53. The molecule has 8 nitrogen and oxygen atoms in total. The predicted molar refractivity (Wildman–Crippen MR) is 156 cm³/mol. The molecule has 0 aliphatic heterocycles. The third-order valence-electron chi connectivity index (χ3n) is 6.38. The van der Waals surface area contributed by atoms with E-state index in [0.29, 0.717) is 13.0 Å². The number of rotatable bonds is 24. The molecular weight excluding hydrogens is 496 g/mol. The van der Waals surface area contributed by atoms with Gasteiger partial charge in [0.1, 0.15) is 18.2 Å². The second kappa shape index (κ2) is 23.7. The molecule has 2 amide bonds. The Balaban J connectivity index is 4.26. The summed E-state index contributed by atoms with van der Waals surface area (Å²) >= 11 is 0. The van der Waals surface area contributed by atoms with Crippen molar-refractivity contribution < 1.29 is 28.7 Å². The van der Waals surface area contributed by atoms with Crippen molar-refractivity contribution in [3.63, 3.8) is 0 Å². The Labute approximate surface area is 238 Å². The van der Waals surface area contributed by atoms with Crippen LogP contribution in [0.3, 0.4) is 0 Å². The van der Waals surface area contributed by atoms with Crippen molar-refractivity contribution in [3.8, 4) is 0 Å². The lowest BCUT2D eigenvalue weighted by Gasteiger charge is -2.24. The SMILES string of the molecule is CCCCCCCCCCCCCCCC(=O)NC(CCC(=O)NCC(=O)OCCCC)C(=O)OC(C)(C)C. The topological polar surface area (TPSA) is 111 Å². The zero-order chi connectivity index (χ0) is 29.4. The van der Waals surface area contributed by atoms with Gasteiger partial charge in [0.05, 0.1) is 6.61 Å². The van der Waals surface area contributed by atoms with Crippen molar-refractivity contribution >= 4 is 23.8 Å². The molecule has 0 radical (unpaired) electrons. The molecule has 0 spiro atoms. The van der Waals surface area contributed by atoms with Crippen molar-refractivity contribution in [1.82, 2.24) is 10.6 Å². The number of amides is 2. The minimum atomic E-state index is -0.916. The molecule has 0 heterocycles. The fourth-order valence-corrected chi connectivity index (χ4v) is 4.11. The molecule has 0 aromatic carbocycles. The largest absolute Gasteiger partial charge is 0.464 e. The van der Waals surface area contributed by atoms with Crippen LogP contribution in [-0.2, 0) is 28.7 Å². The van der Waals surface area contributed by atoms with E-state index in [1.165, 1.54) is 64.2 Å². The number of carbonyl (C=O) groups is 4. The summed E-state index contributed by atoms with van der Waals surface area (Å²) in [5.74, 6) is -1.66. The number of ether oxygens (including phenoxy) is 2. The summed E-state index contributed by atoms with van der Waals surface area (Å²) in [6.45, 7) is 9.63. The molecule has 0 bridgehead atoms. The average molecular weight is 555 g/mol. The number of carbonyl (C=O) groups excluding carboxylic acids is 4. The van der Waals surface area contributed by atoms with E-state index in [0.717, 1.165) is 32.1 Å². The second-order valence-electron chi connectivity index (χ2n) is 11.5. The maximum atomic E-state index is 12.7. The van der Waals surface area contributed by atoms with Crippen LogP contribution in [0.1, 0.15) is 150 Å². The molecule has 0 aromatic heterocycles. The quantitative estimate of drug-likeness (QED) is 0.104. The zero-order valence-electron chi connectivity index (χ0n) is 25.7. The van der Waals surface area contributed by atoms with Gasteiger partial charge >= 0.3 is 11.9 Å². The highest BCUT2D eigenvalue weighted by molar-refractivity contribution is 5.86. The molecular formula is C31H58N2O6. The van der Waals surface area contributed by atoms with Gasteiger partial charge in [0.25, 0.3) is 0 Å². The zero-order valence-corrected chi connectivity index (χ0v) is 25.7. The van der Waals surface area contributed by atoms with Gasteiger partial charge in [-0.05, 0) is 40.0 Å². The van der Waals surface area contributed by atoms with Crippen LogP contribution >= 0.6 is 0 Å². The molecule has 39 heavy (non-hydrogen) atoms. The van der Waals surface area contributed by atoms with Crippen molar-refractivity contribution in [2.75, 3.05) is 13.2 Å². The number of nitrogens with one attached hydrogen (secondary N) is 2. The molecule has 1 unspecified atom stereocenters. The highest BCUT2D eigenvalue weighted by atomic mass is 16.6. The summed E-state index contributed by atoms with van der Waals surface area (Å²) in [6, 6.07) is -0.916. The Hall–Kier alpha value is -2.12. The molecule has 0 saturated carbocycles. The van der Waals surface area contributed by atoms with E-state index >= 15 is 0 Å². The van der Waals surface area contributed by atoms with E-state index in [-0.39, 0.29) is 31.2 Å². The Morgan fingerprint density at radius 2 is 1.18 bits per heavy atom. The van der Waals surface area contributed by atoms with Crippen LogP contribution in [0.4, 0.5) is 0 Å². The first-order chi connectivity index (χ1) is 18.6. The third-order valence-corrected chi connectivity index (χ3v) is 6.38. The molecule has 0 aromatic rings. The second-order valence-corrected chi connectivity index (χ2v) is 11.5. The summed E-state index contributed by atoms with van der Waals surface area (Å²) in [6.07, 6.45) is 18.1. The number of hydrogen-bond acceptors (Lipinski definition) is 6.